The van der Waals surface area contributed by atoms with E-state index in [9.17, 15) is 19.2 Å². The van der Waals surface area contributed by atoms with Gasteiger partial charge in [-0.05, 0) is 25.1 Å². The van der Waals surface area contributed by atoms with Crippen molar-refractivity contribution in [2.45, 2.75) is 31.4 Å². The molecular weight excluding hydrogens is 498 g/mol. The van der Waals surface area contributed by atoms with E-state index in [1.807, 2.05) is 6.92 Å². The van der Waals surface area contributed by atoms with Crippen molar-refractivity contribution in [3.63, 3.8) is 0 Å². The number of hydrogen-bond acceptors (Lipinski definition) is 8. The molecule has 1 atom stereocenters. The zero-order valence-corrected chi connectivity index (χ0v) is 20.2. The summed E-state index contributed by atoms with van der Waals surface area (Å²) in [5, 5.41) is 9.24. The number of benzene rings is 1. The molecule has 0 unspecified atom stereocenters. The zero-order valence-electron chi connectivity index (χ0n) is 18.6. The minimum atomic E-state index is -0.968. The minimum Gasteiger partial charge on any atom is -0.465 e. The molecule has 2 aliphatic rings. The number of carbonyl (C=O) groups is 4. The van der Waals surface area contributed by atoms with E-state index in [4.69, 9.17) is 9.47 Å². The monoisotopic (exact) mass is 523 g/mol. The van der Waals surface area contributed by atoms with Crippen LogP contribution in [0.2, 0.25) is 0 Å². The number of nitrogens with one attached hydrogen (secondary N) is 3. The number of hydrogen-bond donors (Lipinski definition) is 3. The number of methoxy groups -OCH3 is 1. The van der Waals surface area contributed by atoms with Gasteiger partial charge in [0, 0.05) is 55.6 Å². The van der Waals surface area contributed by atoms with Crippen LogP contribution in [0.15, 0.2) is 27.8 Å². The lowest BCUT2D eigenvalue weighted by atomic mass is 9.82. The first-order chi connectivity index (χ1) is 15.7. The highest BCUT2D eigenvalue weighted by Gasteiger charge is 2.46. The Morgan fingerprint density at radius 3 is 2.64 bits per heavy atom. The summed E-state index contributed by atoms with van der Waals surface area (Å²) in [4.78, 5) is 49.4. The predicted molar refractivity (Wildman–Crippen MR) is 122 cm³/mol. The van der Waals surface area contributed by atoms with E-state index in [2.05, 4.69) is 42.0 Å². The molecule has 0 aromatic heterocycles. The molecule has 12 heteroatoms. The Bertz CT molecular complexity index is 989. The zero-order chi connectivity index (χ0) is 24.2. The third-order valence-corrected chi connectivity index (χ3v) is 6.32. The van der Waals surface area contributed by atoms with Crippen LogP contribution >= 0.6 is 15.9 Å². The second-order valence-corrected chi connectivity index (χ2v) is 8.75. The summed E-state index contributed by atoms with van der Waals surface area (Å²) < 4.78 is 11.3. The maximum absolute atomic E-state index is 12.1. The second-order valence-electron chi connectivity index (χ2n) is 7.90. The number of halogens is 1. The predicted octanol–water partition coefficient (Wildman–Crippen LogP) is 0.765. The topological polar surface area (TPSA) is 138 Å². The fourth-order valence-electron chi connectivity index (χ4n) is 3.98. The Morgan fingerprint density at radius 2 is 2.00 bits per heavy atom. The van der Waals surface area contributed by atoms with Crippen molar-refractivity contribution < 1.29 is 28.7 Å². The highest BCUT2D eigenvalue weighted by molar-refractivity contribution is 9.10. The van der Waals surface area contributed by atoms with Gasteiger partial charge in [-0.2, -0.15) is 5.10 Å². The number of likely N-dealkylation sites (N-methyl/N-ethyl adjacent to an activating group) is 1. The van der Waals surface area contributed by atoms with Gasteiger partial charge in [-0.1, -0.05) is 15.9 Å². The molecule has 3 N–H and O–H groups in total. The number of carbonyl (C=O) groups excluding carboxylic acids is 4. The van der Waals surface area contributed by atoms with E-state index in [1.54, 1.807) is 18.2 Å². The molecule has 2 aliphatic heterocycles. The highest BCUT2D eigenvalue weighted by atomic mass is 79.9. The number of ether oxygens (including phenoxy) is 2. The molecule has 11 nitrogen and oxygen atoms in total. The molecule has 1 saturated heterocycles. The lowest BCUT2D eigenvalue weighted by Gasteiger charge is -2.43. The van der Waals surface area contributed by atoms with Crippen LogP contribution in [-0.2, 0) is 19.1 Å². The third kappa shape index (κ3) is 5.50. The molecule has 0 saturated carbocycles. The first-order valence-electron chi connectivity index (χ1n) is 10.4. The van der Waals surface area contributed by atoms with Gasteiger partial charge < -0.3 is 25.0 Å². The molecule has 33 heavy (non-hydrogen) atoms. The number of hydrazone groups is 1. The number of likely N-dealkylation sites (tertiary alicyclic amines) is 1. The summed E-state index contributed by atoms with van der Waals surface area (Å²) in [6, 6.07) is 4.75. The van der Waals surface area contributed by atoms with Gasteiger partial charge in [0.15, 0.2) is 5.60 Å². The van der Waals surface area contributed by atoms with E-state index >= 15 is 0 Å². The van der Waals surface area contributed by atoms with E-state index in [1.165, 1.54) is 14.2 Å². The first-order valence-corrected chi connectivity index (χ1v) is 11.2. The van der Waals surface area contributed by atoms with Gasteiger partial charge in [0.1, 0.15) is 5.71 Å². The Balaban J connectivity index is 1.75. The van der Waals surface area contributed by atoms with E-state index in [-0.39, 0.29) is 6.04 Å². The van der Waals surface area contributed by atoms with Crippen molar-refractivity contribution >= 4 is 45.5 Å². The summed E-state index contributed by atoms with van der Waals surface area (Å²) in [5.41, 5.74) is 2.88. The van der Waals surface area contributed by atoms with Crippen molar-refractivity contribution in [1.29, 1.82) is 0 Å². The lowest BCUT2D eigenvalue weighted by Crippen LogP contribution is -2.57. The maximum atomic E-state index is 12.1. The molecule has 2 heterocycles. The second kappa shape index (κ2) is 10.3. The lowest BCUT2D eigenvalue weighted by molar-refractivity contribution is -0.139. The molecule has 1 aromatic carbocycles. The Morgan fingerprint density at radius 1 is 1.30 bits per heavy atom. The normalized spacial score (nSPS) is 18.4. The van der Waals surface area contributed by atoms with Crippen LogP contribution in [0.1, 0.15) is 35.7 Å². The first kappa shape index (κ1) is 24.6. The third-order valence-electron chi connectivity index (χ3n) is 5.63. The molecular formula is C21H26BrN5O6. The van der Waals surface area contributed by atoms with Crippen LogP contribution in [0.25, 0.3) is 0 Å². The number of esters is 1. The molecule has 0 aliphatic carbocycles. The van der Waals surface area contributed by atoms with Crippen LogP contribution < -0.4 is 16.1 Å². The molecule has 0 bridgehead atoms. The van der Waals surface area contributed by atoms with Gasteiger partial charge in [-0.15, -0.1) is 0 Å². The van der Waals surface area contributed by atoms with Gasteiger partial charge in [-0.25, -0.2) is 15.0 Å². The summed E-state index contributed by atoms with van der Waals surface area (Å²) in [5.74, 6) is -1.86. The SMILES string of the molecule is CNC(=O)C(=O)N[C@@H](C)CN1CCC2(CC1)OC(=O)NN=C2c1cc(C(=O)OC)ccc1Br. The van der Waals surface area contributed by atoms with Crippen molar-refractivity contribution in [2.75, 3.05) is 33.8 Å². The van der Waals surface area contributed by atoms with Gasteiger partial charge in [0.2, 0.25) is 0 Å². The molecule has 3 amide bonds. The highest BCUT2D eigenvalue weighted by Crippen LogP contribution is 2.35. The summed E-state index contributed by atoms with van der Waals surface area (Å²) in [6.07, 6.45) is 0.285. The van der Waals surface area contributed by atoms with Gasteiger partial charge in [0.25, 0.3) is 0 Å². The Hall–Kier alpha value is -2.99. The number of rotatable bonds is 5. The number of nitrogens with zero attached hydrogens (tertiary/aromatic N) is 2. The van der Waals surface area contributed by atoms with E-state index < -0.39 is 29.5 Å². The molecule has 178 valence electrons. The standard InChI is InChI=1S/C21H26BrN5O6/c1-12(24-18(29)17(28)23-2)11-27-8-6-21(7-9-27)16(25-26-20(31)33-21)14-10-13(19(30)32-3)4-5-15(14)22/h4-5,10,12H,6-9,11H2,1-3H3,(H,23,28)(H,24,29)(H,26,31)/t12-/m0/s1. The fourth-order valence-corrected chi connectivity index (χ4v) is 4.42. The van der Waals surface area contributed by atoms with Crippen LogP contribution in [0.5, 0.6) is 0 Å². The average Bonchev–Trinajstić information content (AvgIpc) is 2.80. The molecule has 1 fully saturated rings. The van der Waals surface area contributed by atoms with Crippen molar-refractivity contribution in [3.8, 4) is 0 Å². The maximum Gasteiger partial charge on any atom is 0.428 e. The van der Waals surface area contributed by atoms with Crippen LogP contribution in [0, 0.1) is 0 Å². The fraction of sp³-hybridized carbons (Fsp3) is 0.476. The minimum absolute atomic E-state index is 0.251. The van der Waals surface area contributed by atoms with Gasteiger partial charge in [-0.3, -0.25) is 9.59 Å². The van der Waals surface area contributed by atoms with Crippen LogP contribution in [0.4, 0.5) is 4.79 Å². The van der Waals surface area contributed by atoms with Gasteiger partial charge >= 0.3 is 23.9 Å². The average molecular weight is 524 g/mol. The van der Waals surface area contributed by atoms with E-state index in [0.29, 0.717) is 53.8 Å². The molecule has 1 spiro atoms. The summed E-state index contributed by atoms with van der Waals surface area (Å²) >= 11 is 3.50. The quantitative estimate of drug-likeness (QED) is 0.382. The van der Waals surface area contributed by atoms with Gasteiger partial charge in [0.05, 0.1) is 12.7 Å². The Kier molecular flexibility index (Phi) is 7.69. The molecule has 3 rings (SSSR count). The summed E-state index contributed by atoms with van der Waals surface area (Å²) in [7, 11) is 2.70. The van der Waals surface area contributed by atoms with Crippen molar-refractivity contribution in [1.82, 2.24) is 21.0 Å². The van der Waals surface area contributed by atoms with Crippen LogP contribution in [0.3, 0.4) is 0 Å². The number of amides is 3. The molecule has 1 aromatic rings. The largest absolute Gasteiger partial charge is 0.465 e. The summed E-state index contributed by atoms with van der Waals surface area (Å²) in [6.45, 7) is 3.48. The van der Waals surface area contributed by atoms with Crippen LogP contribution in [-0.4, -0.2) is 79.9 Å². The van der Waals surface area contributed by atoms with Crippen molar-refractivity contribution in [2.24, 2.45) is 5.10 Å². The van der Waals surface area contributed by atoms with E-state index in [0.717, 1.165) is 0 Å². The van der Waals surface area contributed by atoms with Crippen molar-refractivity contribution in [3.05, 3.63) is 33.8 Å². The number of piperidine rings is 1. The Labute approximate surface area is 199 Å². The molecule has 0 radical (unpaired) electrons. The smallest absolute Gasteiger partial charge is 0.428 e.